The van der Waals surface area contributed by atoms with Gasteiger partial charge >= 0.3 is 0 Å². The van der Waals surface area contributed by atoms with E-state index in [1.807, 2.05) is 30.3 Å². The molecule has 1 N–H and O–H groups in total. The van der Waals surface area contributed by atoms with Crippen LogP contribution < -0.4 is 10.2 Å². The molecule has 0 aromatic heterocycles. The fourth-order valence-electron chi connectivity index (χ4n) is 2.36. The van der Waals surface area contributed by atoms with Crippen LogP contribution in [0.15, 0.2) is 58.1 Å². The highest BCUT2D eigenvalue weighted by Crippen LogP contribution is 2.19. The third-order valence-electron chi connectivity index (χ3n) is 3.41. The fourth-order valence-corrected chi connectivity index (χ4v) is 2.74. The Bertz CT molecular complexity index is 701. The monoisotopic (exact) mass is 358 g/mol. The molecule has 0 aliphatic heterocycles. The SMILES string of the molecule is O=C(COc1cccc(Br)c1)NN=C1Cc2ccccc2C1. The summed E-state index contributed by atoms with van der Waals surface area (Å²) >= 11 is 3.36. The molecule has 0 fully saturated rings. The molecule has 0 saturated carbocycles. The summed E-state index contributed by atoms with van der Waals surface area (Å²) in [7, 11) is 0. The number of hydrogen-bond donors (Lipinski definition) is 1. The van der Waals surface area contributed by atoms with E-state index in [0.717, 1.165) is 23.0 Å². The van der Waals surface area contributed by atoms with E-state index in [9.17, 15) is 4.79 Å². The molecule has 2 aromatic carbocycles. The van der Waals surface area contributed by atoms with Crippen LogP contribution in [-0.2, 0) is 17.6 Å². The number of halogens is 1. The van der Waals surface area contributed by atoms with Crippen LogP contribution in [0.4, 0.5) is 0 Å². The fraction of sp³-hybridized carbons (Fsp3) is 0.176. The number of fused-ring (bicyclic) bond motifs is 1. The van der Waals surface area contributed by atoms with Crippen LogP contribution in [0.5, 0.6) is 5.75 Å². The summed E-state index contributed by atoms with van der Waals surface area (Å²) in [6.07, 6.45) is 1.59. The zero-order valence-corrected chi connectivity index (χ0v) is 13.5. The Morgan fingerprint density at radius 3 is 2.55 bits per heavy atom. The number of hydrazone groups is 1. The van der Waals surface area contributed by atoms with Crippen LogP contribution in [0.2, 0.25) is 0 Å². The summed E-state index contributed by atoms with van der Waals surface area (Å²) in [6.45, 7) is -0.0554. The maximum absolute atomic E-state index is 11.8. The second-order valence-electron chi connectivity index (χ2n) is 5.08. The largest absolute Gasteiger partial charge is 0.484 e. The average molecular weight is 359 g/mol. The highest BCUT2D eigenvalue weighted by Gasteiger charge is 2.16. The minimum Gasteiger partial charge on any atom is -0.484 e. The standard InChI is InChI=1S/C17H15BrN2O2/c18-14-6-3-7-16(10-14)22-11-17(21)20-19-15-8-12-4-1-2-5-13(12)9-15/h1-7,10H,8-9,11H2,(H,20,21). The molecule has 112 valence electrons. The van der Waals surface area contributed by atoms with Gasteiger partial charge in [-0.3, -0.25) is 4.79 Å². The van der Waals surface area contributed by atoms with Gasteiger partial charge in [0.2, 0.25) is 0 Å². The molecule has 0 atom stereocenters. The molecule has 1 amide bonds. The first-order valence-electron chi connectivity index (χ1n) is 7.00. The Labute approximate surface area is 137 Å². The molecular formula is C17H15BrN2O2. The van der Waals surface area contributed by atoms with E-state index in [4.69, 9.17) is 4.74 Å². The molecule has 0 unspecified atom stereocenters. The highest BCUT2D eigenvalue weighted by molar-refractivity contribution is 9.10. The number of carbonyl (C=O) groups is 1. The molecule has 0 bridgehead atoms. The van der Waals surface area contributed by atoms with Gasteiger partial charge in [-0.25, -0.2) is 5.43 Å². The first kappa shape index (κ1) is 14.8. The van der Waals surface area contributed by atoms with Gasteiger partial charge in [0.05, 0.1) is 0 Å². The number of nitrogens with one attached hydrogen (secondary N) is 1. The Morgan fingerprint density at radius 1 is 1.14 bits per heavy atom. The van der Waals surface area contributed by atoms with E-state index in [2.05, 4.69) is 38.6 Å². The summed E-state index contributed by atoms with van der Waals surface area (Å²) < 4.78 is 6.33. The molecule has 1 aliphatic carbocycles. The average Bonchev–Trinajstić information content (AvgIpc) is 2.94. The second-order valence-corrected chi connectivity index (χ2v) is 6.00. The van der Waals surface area contributed by atoms with E-state index < -0.39 is 0 Å². The highest BCUT2D eigenvalue weighted by atomic mass is 79.9. The van der Waals surface area contributed by atoms with E-state index in [1.54, 1.807) is 6.07 Å². The van der Waals surface area contributed by atoms with Crippen molar-refractivity contribution in [3.8, 4) is 5.75 Å². The van der Waals surface area contributed by atoms with Crippen molar-refractivity contribution in [1.29, 1.82) is 0 Å². The van der Waals surface area contributed by atoms with Gasteiger partial charge in [-0.1, -0.05) is 46.3 Å². The van der Waals surface area contributed by atoms with Gasteiger partial charge < -0.3 is 4.74 Å². The quantitative estimate of drug-likeness (QED) is 0.853. The Hall–Kier alpha value is -2.14. The van der Waals surface area contributed by atoms with Crippen molar-refractivity contribution in [3.63, 3.8) is 0 Å². The normalized spacial score (nSPS) is 12.7. The van der Waals surface area contributed by atoms with Crippen LogP contribution in [0.1, 0.15) is 11.1 Å². The summed E-state index contributed by atoms with van der Waals surface area (Å²) in [4.78, 5) is 11.8. The van der Waals surface area contributed by atoms with E-state index in [1.165, 1.54) is 11.1 Å². The number of nitrogens with zero attached hydrogens (tertiary/aromatic N) is 1. The van der Waals surface area contributed by atoms with Crippen LogP contribution >= 0.6 is 15.9 Å². The molecule has 2 aromatic rings. The number of carbonyl (C=O) groups excluding carboxylic acids is 1. The molecule has 0 heterocycles. The third-order valence-corrected chi connectivity index (χ3v) is 3.91. The zero-order chi connectivity index (χ0) is 15.4. The van der Waals surface area contributed by atoms with Crippen molar-refractivity contribution in [2.24, 2.45) is 5.10 Å². The number of rotatable bonds is 4. The van der Waals surface area contributed by atoms with Crippen molar-refractivity contribution in [1.82, 2.24) is 5.43 Å². The Morgan fingerprint density at radius 2 is 1.86 bits per heavy atom. The van der Waals surface area contributed by atoms with E-state index >= 15 is 0 Å². The van der Waals surface area contributed by atoms with Crippen molar-refractivity contribution >= 4 is 27.5 Å². The van der Waals surface area contributed by atoms with Crippen LogP contribution in [0.3, 0.4) is 0 Å². The number of ether oxygens (including phenoxy) is 1. The maximum Gasteiger partial charge on any atom is 0.277 e. The topological polar surface area (TPSA) is 50.7 Å². The smallest absolute Gasteiger partial charge is 0.277 e. The van der Waals surface area contributed by atoms with Crippen molar-refractivity contribution in [3.05, 3.63) is 64.1 Å². The first-order valence-corrected chi connectivity index (χ1v) is 7.79. The van der Waals surface area contributed by atoms with Crippen molar-refractivity contribution in [2.45, 2.75) is 12.8 Å². The number of benzene rings is 2. The van der Waals surface area contributed by atoms with Crippen LogP contribution in [0.25, 0.3) is 0 Å². The third kappa shape index (κ3) is 3.74. The number of hydrogen-bond acceptors (Lipinski definition) is 3. The van der Waals surface area contributed by atoms with E-state index in [-0.39, 0.29) is 12.5 Å². The van der Waals surface area contributed by atoms with Crippen molar-refractivity contribution in [2.75, 3.05) is 6.61 Å². The van der Waals surface area contributed by atoms with Gasteiger partial charge in [-0.05, 0) is 29.3 Å². The summed E-state index contributed by atoms with van der Waals surface area (Å²) in [6, 6.07) is 15.6. The molecule has 4 nitrogen and oxygen atoms in total. The lowest BCUT2D eigenvalue weighted by Crippen LogP contribution is -2.26. The summed E-state index contributed by atoms with van der Waals surface area (Å²) in [5.41, 5.74) is 6.08. The molecule has 3 rings (SSSR count). The molecule has 0 radical (unpaired) electrons. The maximum atomic E-state index is 11.8. The summed E-state index contributed by atoms with van der Waals surface area (Å²) in [5.74, 6) is 0.383. The van der Waals surface area contributed by atoms with Gasteiger partial charge in [0, 0.05) is 23.0 Å². The van der Waals surface area contributed by atoms with E-state index in [0.29, 0.717) is 5.75 Å². The number of amides is 1. The predicted octanol–water partition coefficient (Wildman–Crippen LogP) is 3.10. The molecule has 0 spiro atoms. The minimum atomic E-state index is -0.261. The lowest BCUT2D eigenvalue weighted by Gasteiger charge is -2.05. The second kappa shape index (κ2) is 6.75. The lowest BCUT2D eigenvalue weighted by molar-refractivity contribution is -0.123. The molecule has 1 aliphatic rings. The lowest BCUT2D eigenvalue weighted by atomic mass is 10.1. The minimum absolute atomic E-state index is 0.0554. The van der Waals surface area contributed by atoms with Crippen molar-refractivity contribution < 1.29 is 9.53 Å². The van der Waals surface area contributed by atoms with Gasteiger partial charge in [0.15, 0.2) is 6.61 Å². The summed E-state index contributed by atoms with van der Waals surface area (Å²) in [5, 5.41) is 4.20. The Kier molecular flexibility index (Phi) is 4.53. The van der Waals surface area contributed by atoms with Crippen LogP contribution in [-0.4, -0.2) is 18.2 Å². The molecular weight excluding hydrogens is 344 g/mol. The molecule has 0 saturated heterocycles. The van der Waals surface area contributed by atoms with Gasteiger partial charge in [-0.2, -0.15) is 5.10 Å². The van der Waals surface area contributed by atoms with Crippen LogP contribution in [0, 0.1) is 0 Å². The molecule has 22 heavy (non-hydrogen) atoms. The predicted molar refractivity (Wildman–Crippen MR) is 89.1 cm³/mol. The zero-order valence-electron chi connectivity index (χ0n) is 11.9. The first-order chi connectivity index (χ1) is 10.7. The van der Waals surface area contributed by atoms with Gasteiger partial charge in [-0.15, -0.1) is 0 Å². The van der Waals surface area contributed by atoms with Gasteiger partial charge in [0.25, 0.3) is 5.91 Å². The van der Waals surface area contributed by atoms with Gasteiger partial charge in [0.1, 0.15) is 5.75 Å². The Balaban J connectivity index is 1.50. The molecule has 5 heteroatoms.